The van der Waals surface area contributed by atoms with Gasteiger partial charge in [-0.05, 0) is 37.1 Å². The highest BCUT2D eigenvalue weighted by molar-refractivity contribution is 7.11. The highest BCUT2D eigenvalue weighted by atomic mass is 32.1. The maximum Gasteiger partial charge on any atom is 0.125 e. The summed E-state index contributed by atoms with van der Waals surface area (Å²) in [5.41, 5.74) is 2.91. The van der Waals surface area contributed by atoms with Crippen molar-refractivity contribution >= 4 is 11.3 Å². The lowest BCUT2D eigenvalue weighted by atomic mass is 9.78. The van der Waals surface area contributed by atoms with Gasteiger partial charge in [-0.1, -0.05) is 31.2 Å². The smallest absolute Gasteiger partial charge is 0.125 e. The molecule has 100 valence electrons. The fourth-order valence-electron chi connectivity index (χ4n) is 2.53. The number of nitrogens with zero attached hydrogens (tertiary/aromatic N) is 2. The van der Waals surface area contributed by atoms with Crippen molar-refractivity contribution in [1.82, 2.24) is 15.5 Å². The van der Waals surface area contributed by atoms with Crippen molar-refractivity contribution in [3.63, 3.8) is 0 Å². The number of fused-ring (bicyclic) bond motifs is 1. The van der Waals surface area contributed by atoms with Gasteiger partial charge < -0.3 is 5.32 Å². The molecule has 1 aliphatic carbocycles. The zero-order valence-corrected chi connectivity index (χ0v) is 12.0. The molecule has 0 saturated carbocycles. The predicted molar refractivity (Wildman–Crippen MR) is 78.8 cm³/mol. The number of benzene rings is 1. The molecule has 4 heteroatoms. The molecule has 3 rings (SSSR count). The second-order valence-corrected chi connectivity index (χ2v) is 6.04. The van der Waals surface area contributed by atoms with E-state index in [0.29, 0.717) is 5.92 Å². The van der Waals surface area contributed by atoms with Crippen molar-refractivity contribution < 1.29 is 0 Å². The SMILES string of the molecule is CCNCCCc1nnc(C2Cc3ccccc32)s1. The molecule has 0 bridgehead atoms. The Labute approximate surface area is 118 Å². The third-order valence-corrected chi connectivity index (χ3v) is 4.73. The molecule has 1 unspecified atom stereocenters. The van der Waals surface area contributed by atoms with E-state index in [1.807, 2.05) is 0 Å². The molecule has 1 aromatic heterocycles. The number of hydrogen-bond acceptors (Lipinski definition) is 4. The third-order valence-electron chi connectivity index (χ3n) is 3.63. The van der Waals surface area contributed by atoms with Gasteiger partial charge in [0.05, 0.1) is 0 Å². The fourth-order valence-corrected chi connectivity index (χ4v) is 3.53. The lowest BCUT2D eigenvalue weighted by Crippen LogP contribution is -2.17. The van der Waals surface area contributed by atoms with Gasteiger partial charge in [-0.3, -0.25) is 0 Å². The maximum absolute atomic E-state index is 4.38. The van der Waals surface area contributed by atoms with Crippen LogP contribution in [0.5, 0.6) is 0 Å². The van der Waals surface area contributed by atoms with Crippen LogP contribution in [-0.2, 0) is 12.8 Å². The molecule has 0 fully saturated rings. The Hall–Kier alpha value is -1.26. The number of aryl methyl sites for hydroxylation is 1. The van der Waals surface area contributed by atoms with Crippen LogP contribution in [0.25, 0.3) is 0 Å². The molecule has 0 aliphatic heterocycles. The Morgan fingerprint density at radius 3 is 3.05 bits per heavy atom. The molecule has 0 spiro atoms. The average Bonchev–Trinajstić information content (AvgIpc) is 2.85. The van der Waals surface area contributed by atoms with Crippen LogP contribution in [0, 0.1) is 0 Å². The van der Waals surface area contributed by atoms with E-state index >= 15 is 0 Å². The first kappa shape index (κ1) is 12.8. The number of aromatic nitrogens is 2. The molecule has 1 N–H and O–H groups in total. The lowest BCUT2D eigenvalue weighted by Gasteiger charge is -2.27. The average molecular weight is 273 g/mol. The summed E-state index contributed by atoms with van der Waals surface area (Å²) < 4.78 is 0. The van der Waals surface area contributed by atoms with E-state index in [4.69, 9.17) is 0 Å². The maximum atomic E-state index is 4.38. The van der Waals surface area contributed by atoms with E-state index in [2.05, 4.69) is 46.7 Å². The van der Waals surface area contributed by atoms with E-state index in [-0.39, 0.29) is 0 Å². The fraction of sp³-hybridized carbons (Fsp3) is 0.467. The molecular formula is C15H19N3S. The second kappa shape index (κ2) is 5.80. The van der Waals surface area contributed by atoms with Crippen LogP contribution >= 0.6 is 11.3 Å². The van der Waals surface area contributed by atoms with Gasteiger partial charge in [0.25, 0.3) is 0 Å². The molecule has 0 saturated heterocycles. The summed E-state index contributed by atoms with van der Waals surface area (Å²) in [6.07, 6.45) is 3.31. The zero-order valence-electron chi connectivity index (χ0n) is 11.2. The second-order valence-electron chi connectivity index (χ2n) is 4.95. The molecule has 1 aromatic carbocycles. The predicted octanol–water partition coefficient (Wildman–Crippen LogP) is 2.77. The summed E-state index contributed by atoms with van der Waals surface area (Å²) in [5.74, 6) is 0.496. The van der Waals surface area contributed by atoms with Crippen molar-refractivity contribution in [3.05, 3.63) is 45.4 Å². The quantitative estimate of drug-likeness (QED) is 0.822. The number of nitrogens with one attached hydrogen (secondary N) is 1. The van der Waals surface area contributed by atoms with E-state index in [1.165, 1.54) is 21.1 Å². The minimum Gasteiger partial charge on any atom is -0.317 e. The first-order valence-corrected chi connectivity index (χ1v) is 7.81. The van der Waals surface area contributed by atoms with Gasteiger partial charge in [0.2, 0.25) is 0 Å². The van der Waals surface area contributed by atoms with Gasteiger partial charge >= 0.3 is 0 Å². The Morgan fingerprint density at radius 2 is 2.21 bits per heavy atom. The van der Waals surface area contributed by atoms with Gasteiger partial charge in [-0.25, -0.2) is 0 Å². The highest BCUT2D eigenvalue weighted by Gasteiger charge is 2.29. The first-order valence-electron chi connectivity index (χ1n) is 6.99. The molecule has 3 nitrogen and oxygen atoms in total. The van der Waals surface area contributed by atoms with Crippen molar-refractivity contribution in [2.75, 3.05) is 13.1 Å². The highest BCUT2D eigenvalue weighted by Crippen LogP contribution is 2.40. The van der Waals surface area contributed by atoms with Crippen LogP contribution in [0.4, 0.5) is 0 Å². The minimum atomic E-state index is 0.496. The van der Waals surface area contributed by atoms with Crippen LogP contribution in [0.2, 0.25) is 0 Å². The topological polar surface area (TPSA) is 37.8 Å². The summed E-state index contributed by atoms with van der Waals surface area (Å²) in [7, 11) is 0. The summed E-state index contributed by atoms with van der Waals surface area (Å²) in [4.78, 5) is 0. The van der Waals surface area contributed by atoms with Gasteiger partial charge in [-0.2, -0.15) is 0 Å². The minimum absolute atomic E-state index is 0.496. The first-order chi connectivity index (χ1) is 9.38. The zero-order chi connectivity index (χ0) is 13.1. The van der Waals surface area contributed by atoms with Gasteiger partial charge in [-0.15, -0.1) is 21.5 Å². The normalized spacial score (nSPS) is 17.0. The Balaban J connectivity index is 1.60. The molecule has 19 heavy (non-hydrogen) atoms. The summed E-state index contributed by atoms with van der Waals surface area (Å²) >= 11 is 1.79. The molecule has 0 amide bonds. The van der Waals surface area contributed by atoms with E-state index in [9.17, 15) is 0 Å². The Morgan fingerprint density at radius 1 is 1.32 bits per heavy atom. The van der Waals surface area contributed by atoms with Gasteiger partial charge in [0.1, 0.15) is 10.0 Å². The van der Waals surface area contributed by atoms with Crippen LogP contribution < -0.4 is 5.32 Å². The molecular weight excluding hydrogens is 254 g/mol. The number of hydrogen-bond donors (Lipinski definition) is 1. The summed E-state index contributed by atoms with van der Waals surface area (Å²) in [6.45, 7) is 4.25. The monoisotopic (exact) mass is 273 g/mol. The van der Waals surface area contributed by atoms with Crippen molar-refractivity contribution in [2.24, 2.45) is 0 Å². The summed E-state index contributed by atoms with van der Waals surface area (Å²) in [5, 5.41) is 14.4. The number of rotatable bonds is 6. The van der Waals surface area contributed by atoms with Crippen LogP contribution in [0.3, 0.4) is 0 Å². The molecule has 0 radical (unpaired) electrons. The molecule has 2 aromatic rings. The third kappa shape index (κ3) is 2.69. The van der Waals surface area contributed by atoms with Crippen LogP contribution in [-0.4, -0.2) is 23.3 Å². The molecule has 1 aliphatic rings. The molecule has 1 atom stereocenters. The van der Waals surface area contributed by atoms with Crippen molar-refractivity contribution in [3.8, 4) is 0 Å². The van der Waals surface area contributed by atoms with Gasteiger partial charge in [0, 0.05) is 12.3 Å². The van der Waals surface area contributed by atoms with Crippen LogP contribution in [0.15, 0.2) is 24.3 Å². The largest absolute Gasteiger partial charge is 0.317 e. The van der Waals surface area contributed by atoms with Crippen molar-refractivity contribution in [1.29, 1.82) is 0 Å². The van der Waals surface area contributed by atoms with E-state index in [1.54, 1.807) is 11.3 Å². The standard InChI is InChI=1S/C15H19N3S/c1-2-16-9-5-8-14-17-18-15(19-14)13-10-11-6-3-4-7-12(11)13/h3-4,6-7,13,16H,2,5,8-10H2,1H3. The van der Waals surface area contributed by atoms with E-state index < -0.39 is 0 Å². The Bertz CT molecular complexity index is 550. The van der Waals surface area contributed by atoms with Gasteiger partial charge in [0.15, 0.2) is 0 Å². The lowest BCUT2D eigenvalue weighted by molar-refractivity contribution is 0.666. The van der Waals surface area contributed by atoms with Crippen LogP contribution in [0.1, 0.15) is 40.4 Å². The summed E-state index contributed by atoms with van der Waals surface area (Å²) in [6, 6.07) is 8.66. The van der Waals surface area contributed by atoms with Crippen molar-refractivity contribution in [2.45, 2.75) is 32.1 Å². The molecule has 1 heterocycles. The van der Waals surface area contributed by atoms with E-state index in [0.717, 1.165) is 32.4 Å². The Kier molecular flexibility index (Phi) is 3.89.